The number of carbonyl (C=O) groups is 1. The lowest BCUT2D eigenvalue weighted by molar-refractivity contribution is -0.119. The monoisotopic (exact) mass is 339 g/mol. The maximum atomic E-state index is 11.9. The van der Waals surface area contributed by atoms with E-state index in [4.69, 9.17) is 9.47 Å². The number of fused-ring (bicyclic) bond motifs is 1. The Hall–Kier alpha value is -3.02. The van der Waals surface area contributed by atoms with Gasteiger partial charge in [0.2, 0.25) is 0 Å². The van der Waals surface area contributed by atoms with Crippen molar-refractivity contribution in [1.82, 2.24) is 5.43 Å². The molecule has 0 aromatic heterocycles. The Bertz CT molecular complexity index is 785. The molecule has 1 aliphatic heterocycles. The van der Waals surface area contributed by atoms with Crippen LogP contribution in [0.3, 0.4) is 0 Å². The zero-order chi connectivity index (χ0) is 17.6. The zero-order valence-corrected chi connectivity index (χ0v) is 14.3. The summed E-state index contributed by atoms with van der Waals surface area (Å²) in [4.78, 5) is 11.9. The van der Waals surface area contributed by atoms with Crippen molar-refractivity contribution in [2.75, 3.05) is 25.1 Å². The van der Waals surface area contributed by atoms with E-state index < -0.39 is 0 Å². The van der Waals surface area contributed by atoms with E-state index in [1.165, 1.54) is 5.56 Å². The van der Waals surface area contributed by atoms with Gasteiger partial charge in [0.25, 0.3) is 5.91 Å². The summed E-state index contributed by atoms with van der Waals surface area (Å²) in [6.07, 6.45) is 0. The summed E-state index contributed by atoms with van der Waals surface area (Å²) in [7, 11) is 0. The summed E-state index contributed by atoms with van der Waals surface area (Å²) in [5.41, 5.74) is 6.20. The van der Waals surface area contributed by atoms with Crippen LogP contribution in [0.4, 0.5) is 5.69 Å². The maximum absolute atomic E-state index is 11.9. The third-order valence-corrected chi connectivity index (χ3v) is 3.81. The normalized spacial score (nSPS) is 13.3. The Morgan fingerprint density at radius 2 is 1.80 bits per heavy atom. The van der Waals surface area contributed by atoms with Crippen molar-refractivity contribution in [2.45, 2.75) is 13.8 Å². The van der Waals surface area contributed by atoms with Crippen molar-refractivity contribution in [3.8, 4) is 11.5 Å². The summed E-state index contributed by atoms with van der Waals surface area (Å²) >= 11 is 0. The lowest BCUT2D eigenvalue weighted by Crippen LogP contribution is -2.26. The Morgan fingerprint density at radius 3 is 2.56 bits per heavy atom. The minimum Gasteiger partial charge on any atom is -0.486 e. The fourth-order valence-corrected chi connectivity index (χ4v) is 2.37. The number of benzene rings is 2. The van der Waals surface area contributed by atoms with E-state index >= 15 is 0 Å². The van der Waals surface area contributed by atoms with E-state index in [2.05, 4.69) is 15.8 Å². The van der Waals surface area contributed by atoms with Gasteiger partial charge in [0.05, 0.1) is 12.3 Å². The van der Waals surface area contributed by atoms with Crippen molar-refractivity contribution in [1.29, 1.82) is 0 Å². The molecule has 0 fully saturated rings. The molecule has 1 heterocycles. The van der Waals surface area contributed by atoms with Crippen LogP contribution in [0.5, 0.6) is 11.5 Å². The van der Waals surface area contributed by atoms with E-state index in [0.29, 0.717) is 24.7 Å². The number of nitrogens with one attached hydrogen (secondary N) is 2. The number of carbonyl (C=O) groups excluding carboxylic acids is 1. The van der Waals surface area contributed by atoms with Crippen LogP contribution in [0.15, 0.2) is 47.6 Å². The average molecular weight is 339 g/mol. The summed E-state index contributed by atoms with van der Waals surface area (Å²) < 4.78 is 11.1. The summed E-state index contributed by atoms with van der Waals surface area (Å²) in [6.45, 7) is 5.10. The van der Waals surface area contributed by atoms with E-state index in [1.807, 2.05) is 56.3 Å². The van der Waals surface area contributed by atoms with Crippen LogP contribution in [0.25, 0.3) is 0 Å². The van der Waals surface area contributed by atoms with E-state index in [0.717, 1.165) is 17.0 Å². The van der Waals surface area contributed by atoms with E-state index in [-0.39, 0.29) is 12.5 Å². The van der Waals surface area contributed by atoms with Gasteiger partial charge in [0.15, 0.2) is 11.5 Å². The Balaban J connectivity index is 1.55. The molecule has 0 radical (unpaired) electrons. The van der Waals surface area contributed by atoms with Gasteiger partial charge in [0.1, 0.15) is 13.2 Å². The molecule has 0 saturated carbocycles. The van der Waals surface area contributed by atoms with Crippen LogP contribution in [-0.4, -0.2) is 31.4 Å². The van der Waals surface area contributed by atoms with Crippen LogP contribution in [0.2, 0.25) is 0 Å². The van der Waals surface area contributed by atoms with Crippen LogP contribution < -0.4 is 20.2 Å². The maximum Gasteiger partial charge on any atom is 0.259 e. The molecule has 0 atom stereocenters. The number of anilines is 1. The molecule has 1 amide bonds. The number of ether oxygens (including phenoxy) is 2. The molecular formula is C19H21N3O3. The van der Waals surface area contributed by atoms with Crippen LogP contribution in [0.1, 0.15) is 18.1 Å². The lowest BCUT2D eigenvalue weighted by Gasteiger charge is -2.18. The molecule has 6 heteroatoms. The predicted molar refractivity (Wildman–Crippen MR) is 97.5 cm³/mol. The number of hydrogen-bond acceptors (Lipinski definition) is 5. The third kappa shape index (κ3) is 4.50. The molecule has 2 aromatic rings. The van der Waals surface area contributed by atoms with Crippen molar-refractivity contribution in [3.63, 3.8) is 0 Å². The Morgan fingerprint density at radius 1 is 1.08 bits per heavy atom. The second-order valence-corrected chi connectivity index (χ2v) is 5.81. The highest BCUT2D eigenvalue weighted by atomic mass is 16.6. The third-order valence-electron chi connectivity index (χ3n) is 3.81. The van der Waals surface area contributed by atoms with E-state index in [1.54, 1.807) is 0 Å². The molecule has 6 nitrogen and oxygen atoms in total. The summed E-state index contributed by atoms with van der Waals surface area (Å²) in [5, 5.41) is 7.21. The highest BCUT2D eigenvalue weighted by Crippen LogP contribution is 2.30. The standard InChI is InChI=1S/C19H21N3O3/c1-13-3-6-16(7-4-13)20-12-19(23)22-21-14(2)15-5-8-17-18(11-15)25-10-9-24-17/h3-8,11,20H,9-10,12H2,1-2H3,(H,22,23)/b21-14+. The smallest absolute Gasteiger partial charge is 0.259 e. The number of aryl methyl sites for hydroxylation is 1. The number of nitrogens with zero attached hydrogens (tertiary/aromatic N) is 1. The highest BCUT2D eigenvalue weighted by molar-refractivity contribution is 6.00. The Labute approximate surface area is 146 Å². The predicted octanol–water partition coefficient (Wildman–Crippen LogP) is 2.72. The molecule has 0 saturated heterocycles. The molecule has 0 unspecified atom stereocenters. The number of rotatable bonds is 5. The van der Waals surface area contributed by atoms with Gasteiger partial charge in [-0.05, 0) is 44.2 Å². The van der Waals surface area contributed by atoms with Gasteiger partial charge in [-0.3, -0.25) is 4.79 Å². The van der Waals surface area contributed by atoms with Gasteiger partial charge < -0.3 is 14.8 Å². The first-order valence-electron chi connectivity index (χ1n) is 8.15. The van der Waals surface area contributed by atoms with Crippen molar-refractivity contribution < 1.29 is 14.3 Å². The lowest BCUT2D eigenvalue weighted by atomic mass is 10.1. The second kappa shape index (κ2) is 7.70. The highest BCUT2D eigenvalue weighted by Gasteiger charge is 2.12. The number of amides is 1. The first-order chi connectivity index (χ1) is 12.1. The molecule has 3 rings (SSSR count). The molecule has 0 spiro atoms. The molecule has 1 aliphatic rings. The topological polar surface area (TPSA) is 72.0 Å². The van der Waals surface area contributed by atoms with Crippen molar-refractivity contribution in [2.24, 2.45) is 5.10 Å². The first kappa shape index (κ1) is 16.8. The molecule has 2 N–H and O–H groups in total. The average Bonchev–Trinajstić information content (AvgIpc) is 2.65. The van der Waals surface area contributed by atoms with Gasteiger partial charge in [-0.2, -0.15) is 5.10 Å². The van der Waals surface area contributed by atoms with Gasteiger partial charge in [-0.1, -0.05) is 17.7 Å². The minimum atomic E-state index is -0.211. The van der Waals surface area contributed by atoms with Gasteiger partial charge >= 0.3 is 0 Å². The Kier molecular flexibility index (Phi) is 5.18. The fourth-order valence-electron chi connectivity index (χ4n) is 2.37. The zero-order valence-electron chi connectivity index (χ0n) is 14.3. The largest absolute Gasteiger partial charge is 0.486 e. The van der Waals surface area contributed by atoms with Gasteiger partial charge in [-0.25, -0.2) is 5.43 Å². The van der Waals surface area contributed by atoms with Crippen LogP contribution in [-0.2, 0) is 4.79 Å². The van der Waals surface area contributed by atoms with Crippen LogP contribution in [0, 0.1) is 6.92 Å². The van der Waals surface area contributed by atoms with Gasteiger partial charge in [0, 0.05) is 11.3 Å². The first-order valence-corrected chi connectivity index (χ1v) is 8.15. The fraction of sp³-hybridized carbons (Fsp3) is 0.263. The van der Waals surface area contributed by atoms with Crippen molar-refractivity contribution >= 4 is 17.3 Å². The van der Waals surface area contributed by atoms with E-state index in [9.17, 15) is 4.79 Å². The molecular weight excluding hydrogens is 318 g/mol. The molecule has 2 aromatic carbocycles. The molecule has 25 heavy (non-hydrogen) atoms. The summed E-state index contributed by atoms with van der Waals surface area (Å²) in [6, 6.07) is 13.5. The molecule has 0 aliphatic carbocycles. The summed E-state index contributed by atoms with van der Waals surface area (Å²) in [5.74, 6) is 1.22. The quantitative estimate of drug-likeness (QED) is 0.649. The van der Waals surface area contributed by atoms with Crippen LogP contribution >= 0.6 is 0 Å². The molecule has 130 valence electrons. The molecule has 0 bridgehead atoms. The SMILES string of the molecule is C/C(=N\NC(=O)CNc1ccc(C)cc1)c1ccc2c(c1)OCCO2. The van der Waals surface area contributed by atoms with Crippen molar-refractivity contribution in [3.05, 3.63) is 53.6 Å². The number of hydrogen-bond donors (Lipinski definition) is 2. The minimum absolute atomic E-state index is 0.154. The number of hydrazone groups is 1. The second-order valence-electron chi connectivity index (χ2n) is 5.81. The van der Waals surface area contributed by atoms with Gasteiger partial charge in [-0.15, -0.1) is 0 Å².